The second-order valence-electron chi connectivity index (χ2n) is 12.2. The average molecular weight is 644 g/mol. The van der Waals surface area contributed by atoms with Gasteiger partial charge in [0.05, 0.1) is 44.5 Å². The SMILES string of the molecule is CC(C)(C)OC(=O)NCCCOCCOCCOCCCN(Cc1cc(C(=O)OC(C)(C)C)ccc1F)C(=O)[C@@H](N)CC(=O)O. The minimum absolute atomic E-state index is 0.0603. The number of carboxylic acids is 1. The van der Waals surface area contributed by atoms with Crippen LogP contribution in [-0.2, 0) is 39.8 Å². The van der Waals surface area contributed by atoms with Crippen molar-refractivity contribution >= 4 is 23.9 Å². The maximum Gasteiger partial charge on any atom is 0.407 e. The van der Waals surface area contributed by atoms with Gasteiger partial charge in [0.1, 0.15) is 17.0 Å². The third-order valence-corrected chi connectivity index (χ3v) is 5.66. The van der Waals surface area contributed by atoms with Crippen LogP contribution in [0.4, 0.5) is 9.18 Å². The molecule has 2 amide bonds. The van der Waals surface area contributed by atoms with Gasteiger partial charge in [-0.15, -0.1) is 0 Å². The predicted octanol–water partition coefficient (Wildman–Crippen LogP) is 3.27. The number of carbonyl (C=O) groups excluding carboxylic acids is 3. The number of ether oxygens (including phenoxy) is 5. The van der Waals surface area contributed by atoms with E-state index in [1.165, 1.54) is 17.0 Å². The minimum atomic E-state index is -1.32. The van der Waals surface area contributed by atoms with E-state index in [1.54, 1.807) is 41.5 Å². The topological polar surface area (TPSA) is 176 Å². The average Bonchev–Trinajstić information content (AvgIpc) is 2.90. The lowest BCUT2D eigenvalue weighted by Gasteiger charge is -2.26. The number of rotatable bonds is 20. The molecule has 256 valence electrons. The zero-order valence-corrected chi connectivity index (χ0v) is 27.3. The molecule has 1 atom stereocenters. The number of nitrogens with one attached hydrogen (secondary N) is 1. The van der Waals surface area contributed by atoms with Crippen molar-refractivity contribution in [3.8, 4) is 0 Å². The van der Waals surface area contributed by atoms with Gasteiger partial charge in [0.25, 0.3) is 0 Å². The number of carbonyl (C=O) groups is 4. The Balaban J connectivity index is 2.45. The summed E-state index contributed by atoms with van der Waals surface area (Å²) < 4.78 is 41.7. The van der Waals surface area contributed by atoms with E-state index in [0.717, 1.165) is 6.07 Å². The number of alkyl carbamates (subject to hydrolysis) is 1. The van der Waals surface area contributed by atoms with Crippen molar-refractivity contribution in [1.29, 1.82) is 0 Å². The number of hydrogen-bond acceptors (Lipinski definition) is 10. The molecule has 0 aliphatic rings. The molecule has 0 aliphatic heterocycles. The fourth-order valence-electron chi connectivity index (χ4n) is 3.72. The van der Waals surface area contributed by atoms with Gasteiger partial charge in [-0.1, -0.05) is 0 Å². The van der Waals surface area contributed by atoms with E-state index in [9.17, 15) is 23.6 Å². The van der Waals surface area contributed by atoms with Gasteiger partial charge < -0.3 is 44.7 Å². The number of nitrogens with zero attached hydrogens (tertiary/aromatic N) is 1. The van der Waals surface area contributed by atoms with Crippen molar-refractivity contribution in [1.82, 2.24) is 10.2 Å². The van der Waals surface area contributed by atoms with Crippen molar-refractivity contribution in [3.63, 3.8) is 0 Å². The maximum absolute atomic E-state index is 14.7. The molecule has 1 aromatic carbocycles. The van der Waals surface area contributed by atoms with Gasteiger partial charge >= 0.3 is 18.0 Å². The monoisotopic (exact) mass is 643 g/mol. The molecule has 13 nitrogen and oxygen atoms in total. The number of benzene rings is 1. The molecular weight excluding hydrogens is 593 g/mol. The molecule has 1 aromatic rings. The molecule has 0 heterocycles. The van der Waals surface area contributed by atoms with Crippen LogP contribution in [0.5, 0.6) is 0 Å². The molecule has 0 spiro atoms. The number of amides is 2. The first kappa shape index (κ1) is 39.7. The quantitative estimate of drug-likeness (QED) is 0.140. The Hall–Kier alpha value is -3.33. The van der Waals surface area contributed by atoms with E-state index < -0.39 is 53.4 Å². The third kappa shape index (κ3) is 18.9. The summed E-state index contributed by atoms with van der Waals surface area (Å²) in [6.45, 7) is 12.9. The first-order valence-electron chi connectivity index (χ1n) is 15.0. The minimum Gasteiger partial charge on any atom is -0.481 e. The van der Waals surface area contributed by atoms with Gasteiger partial charge in [0.2, 0.25) is 5.91 Å². The Kier molecular flexibility index (Phi) is 17.6. The highest BCUT2D eigenvalue weighted by Crippen LogP contribution is 2.18. The van der Waals surface area contributed by atoms with E-state index in [2.05, 4.69) is 5.32 Å². The van der Waals surface area contributed by atoms with Crippen molar-refractivity contribution in [2.45, 2.75) is 84.6 Å². The molecule has 0 unspecified atom stereocenters. The lowest BCUT2D eigenvalue weighted by molar-refractivity contribution is -0.142. The molecule has 0 aliphatic carbocycles. The summed E-state index contributed by atoms with van der Waals surface area (Å²) in [6, 6.07) is 2.40. The van der Waals surface area contributed by atoms with Gasteiger partial charge in [0.15, 0.2) is 0 Å². The summed E-state index contributed by atoms with van der Waals surface area (Å²) in [5.41, 5.74) is 4.70. The smallest absolute Gasteiger partial charge is 0.407 e. The van der Waals surface area contributed by atoms with Crippen LogP contribution >= 0.6 is 0 Å². The first-order valence-corrected chi connectivity index (χ1v) is 15.0. The maximum atomic E-state index is 14.7. The molecule has 4 N–H and O–H groups in total. The van der Waals surface area contributed by atoms with Gasteiger partial charge in [-0.25, -0.2) is 14.0 Å². The summed E-state index contributed by atoms with van der Waals surface area (Å²) >= 11 is 0. The molecule has 0 aromatic heterocycles. The molecule has 14 heteroatoms. The molecule has 0 saturated carbocycles. The molecular formula is C31H50FN3O10. The predicted molar refractivity (Wildman–Crippen MR) is 163 cm³/mol. The van der Waals surface area contributed by atoms with Gasteiger partial charge in [-0.05, 0) is 72.6 Å². The van der Waals surface area contributed by atoms with E-state index >= 15 is 0 Å². The van der Waals surface area contributed by atoms with Crippen LogP contribution in [0.25, 0.3) is 0 Å². The Labute approximate surface area is 264 Å². The largest absolute Gasteiger partial charge is 0.481 e. The molecule has 0 radical (unpaired) electrons. The van der Waals surface area contributed by atoms with Gasteiger partial charge in [-0.2, -0.15) is 0 Å². The molecule has 0 fully saturated rings. The van der Waals surface area contributed by atoms with Gasteiger partial charge in [0, 0.05) is 38.4 Å². The molecule has 0 bridgehead atoms. The zero-order chi connectivity index (χ0) is 34.0. The van der Waals surface area contributed by atoms with Crippen LogP contribution in [0, 0.1) is 5.82 Å². The normalized spacial score (nSPS) is 12.4. The van der Waals surface area contributed by atoms with Crippen molar-refractivity contribution in [2.24, 2.45) is 5.73 Å². The summed E-state index contributed by atoms with van der Waals surface area (Å²) in [4.78, 5) is 49.4. The van der Waals surface area contributed by atoms with Crippen molar-refractivity contribution in [3.05, 3.63) is 35.1 Å². The number of halogens is 1. The highest BCUT2D eigenvalue weighted by atomic mass is 19.1. The summed E-state index contributed by atoms with van der Waals surface area (Å²) in [7, 11) is 0. The van der Waals surface area contributed by atoms with Crippen LogP contribution in [0.3, 0.4) is 0 Å². The lowest BCUT2D eigenvalue weighted by Crippen LogP contribution is -2.45. The molecule has 45 heavy (non-hydrogen) atoms. The van der Waals surface area contributed by atoms with Crippen molar-refractivity contribution < 1.29 is 52.4 Å². The van der Waals surface area contributed by atoms with Crippen LogP contribution in [0.2, 0.25) is 0 Å². The number of carboxylic acid groups (broad SMARTS) is 1. The number of nitrogens with two attached hydrogens (primary N) is 1. The van der Waals surface area contributed by atoms with E-state index in [0.29, 0.717) is 52.4 Å². The zero-order valence-electron chi connectivity index (χ0n) is 27.3. The fraction of sp³-hybridized carbons (Fsp3) is 0.677. The van der Waals surface area contributed by atoms with Crippen LogP contribution in [0.15, 0.2) is 18.2 Å². The summed E-state index contributed by atoms with van der Waals surface area (Å²) in [5.74, 6) is -3.18. The second-order valence-corrected chi connectivity index (χ2v) is 12.2. The van der Waals surface area contributed by atoms with Crippen molar-refractivity contribution in [2.75, 3.05) is 52.7 Å². The van der Waals surface area contributed by atoms with E-state index in [4.69, 9.17) is 34.5 Å². The fourth-order valence-corrected chi connectivity index (χ4v) is 3.72. The number of esters is 1. The second kappa shape index (κ2) is 19.9. The first-order chi connectivity index (χ1) is 21.0. The Morgan fingerprint density at radius 1 is 0.889 bits per heavy atom. The molecule has 1 rings (SSSR count). The third-order valence-electron chi connectivity index (χ3n) is 5.66. The summed E-state index contributed by atoms with van der Waals surface area (Å²) in [5, 5.41) is 11.7. The lowest BCUT2D eigenvalue weighted by atomic mass is 10.1. The van der Waals surface area contributed by atoms with Crippen LogP contribution in [0.1, 0.15) is 76.7 Å². The van der Waals surface area contributed by atoms with Gasteiger partial charge in [-0.3, -0.25) is 9.59 Å². The number of aliphatic carboxylic acids is 1. The highest BCUT2D eigenvalue weighted by Gasteiger charge is 2.25. The molecule has 0 saturated heterocycles. The Bertz CT molecular complexity index is 1090. The standard InChI is InChI=1S/C31H50FN3O10/c1-30(2,3)44-28(39)22-9-10-24(32)23(19-22)21-35(27(38)25(33)20-26(36)37)12-8-14-42-16-18-43-17-15-41-13-7-11-34-29(40)45-31(4,5)6/h9-10,19,25H,7-8,11-18,20-21,33H2,1-6H3,(H,34,40)(H,36,37)/t25-/m0/s1. The highest BCUT2D eigenvalue weighted by molar-refractivity contribution is 5.90. The summed E-state index contributed by atoms with van der Waals surface area (Å²) in [6.07, 6.45) is -0.0635. The van der Waals surface area contributed by atoms with E-state index in [-0.39, 0.29) is 30.8 Å². The van der Waals surface area contributed by atoms with Crippen LogP contribution in [-0.4, -0.2) is 104 Å². The van der Waals surface area contributed by atoms with Crippen LogP contribution < -0.4 is 11.1 Å². The Morgan fingerprint density at radius 3 is 2.00 bits per heavy atom. The van der Waals surface area contributed by atoms with E-state index in [1.807, 2.05) is 0 Å². The Morgan fingerprint density at radius 2 is 1.44 bits per heavy atom. The number of hydrogen-bond donors (Lipinski definition) is 3.